The van der Waals surface area contributed by atoms with Crippen molar-refractivity contribution < 1.29 is 19.1 Å². The van der Waals surface area contributed by atoms with Gasteiger partial charge in [-0.1, -0.05) is 30.7 Å². The van der Waals surface area contributed by atoms with Crippen LogP contribution in [-0.4, -0.2) is 50.8 Å². The second-order valence-corrected chi connectivity index (χ2v) is 8.58. The van der Waals surface area contributed by atoms with Gasteiger partial charge in [0.05, 0.1) is 29.7 Å². The molecule has 2 aromatic rings. The van der Waals surface area contributed by atoms with Gasteiger partial charge in [0.15, 0.2) is 0 Å². The van der Waals surface area contributed by atoms with Crippen LogP contribution in [0.25, 0.3) is 0 Å². The minimum Gasteiger partial charge on any atom is -0.464 e. The van der Waals surface area contributed by atoms with Crippen molar-refractivity contribution in [2.45, 2.75) is 25.3 Å². The van der Waals surface area contributed by atoms with Crippen molar-refractivity contribution in [1.82, 2.24) is 5.32 Å². The maximum absolute atomic E-state index is 12.8. The summed E-state index contributed by atoms with van der Waals surface area (Å²) >= 11 is 7.53. The Hall–Kier alpha value is -2.09. The van der Waals surface area contributed by atoms with E-state index in [2.05, 4.69) is 10.2 Å². The number of carbonyl (C=O) groups excluding carboxylic acids is 2. The molecular weight excluding hydrogens is 412 g/mol. The molecule has 2 aliphatic rings. The van der Waals surface area contributed by atoms with Gasteiger partial charge in [-0.2, -0.15) is 0 Å². The lowest BCUT2D eigenvalue weighted by molar-refractivity contribution is -0.146. The predicted octanol–water partition coefficient (Wildman–Crippen LogP) is 3.44. The second-order valence-electron chi connectivity index (χ2n) is 7.12. The van der Waals surface area contributed by atoms with Crippen LogP contribution in [0.4, 0.5) is 5.00 Å². The van der Waals surface area contributed by atoms with Gasteiger partial charge in [0.25, 0.3) is 5.91 Å². The zero-order chi connectivity index (χ0) is 20.4. The molecule has 1 N–H and O–H groups in total. The molecule has 3 heterocycles. The van der Waals surface area contributed by atoms with Gasteiger partial charge >= 0.3 is 5.97 Å². The molecule has 2 aliphatic heterocycles. The topological polar surface area (TPSA) is 67.9 Å². The minimum atomic E-state index is -0.769. The number of nitrogens with one attached hydrogen (secondary N) is 1. The SMILES string of the molecule is CCCOC(=O)[C@@H]1NC(=O)c2sc(N3CCOCC3)cc2[C@H]1c1ccc(Cl)cc1. The highest BCUT2D eigenvalue weighted by Gasteiger charge is 2.41. The third-order valence-electron chi connectivity index (χ3n) is 5.16. The van der Waals surface area contributed by atoms with E-state index in [1.54, 1.807) is 12.1 Å². The molecule has 0 aliphatic carbocycles. The van der Waals surface area contributed by atoms with Crippen molar-refractivity contribution in [3.63, 3.8) is 0 Å². The van der Waals surface area contributed by atoms with Gasteiger partial charge in [-0.25, -0.2) is 4.79 Å². The number of anilines is 1. The Morgan fingerprint density at radius 2 is 2.03 bits per heavy atom. The van der Waals surface area contributed by atoms with Crippen molar-refractivity contribution in [2.24, 2.45) is 0 Å². The zero-order valence-electron chi connectivity index (χ0n) is 16.2. The highest BCUT2D eigenvalue weighted by atomic mass is 35.5. The fourth-order valence-corrected chi connectivity index (χ4v) is 5.03. The first-order valence-corrected chi connectivity index (χ1v) is 11.0. The van der Waals surface area contributed by atoms with Crippen molar-refractivity contribution in [3.05, 3.63) is 51.4 Å². The van der Waals surface area contributed by atoms with Gasteiger partial charge in [-0.05, 0) is 35.7 Å². The number of benzene rings is 1. The van der Waals surface area contributed by atoms with E-state index in [1.165, 1.54) is 11.3 Å². The number of amides is 1. The summed E-state index contributed by atoms with van der Waals surface area (Å²) < 4.78 is 10.8. The first-order valence-electron chi connectivity index (χ1n) is 9.78. The van der Waals surface area contributed by atoms with Gasteiger partial charge in [0.2, 0.25) is 0 Å². The lowest BCUT2D eigenvalue weighted by atomic mass is 9.82. The maximum Gasteiger partial charge on any atom is 0.329 e. The Kier molecular flexibility index (Phi) is 6.08. The van der Waals surface area contributed by atoms with E-state index < -0.39 is 12.0 Å². The monoisotopic (exact) mass is 434 g/mol. The summed E-state index contributed by atoms with van der Waals surface area (Å²) in [7, 11) is 0. The first-order chi connectivity index (χ1) is 14.1. The van der Waals surface area contributed by atoms with Gasteiger partial charge in [-0.15, -0.1) is 11.3 Å². The Morgan fingerprint density at radius 1 is 1.31 bits per heavy atom. The number of hydrogen-bond acceptors (Lipinski definition) is 6. The molecule has 0 saturated carbocycles. The Balaban J connectivity index is 1.74. The molecule has 8 heteroatoms. The molecule has 0 spiro atoms. The quantitative estimate of drug-likeness (QED) is 0.730. The van der Waals surface area contributed by atoms with Gasteiger partial charge in [0.1, 0.15) is 6.04 Å². The lowest BCUT2D eigenvalue weighted by Crippen LogP contribution is -2.49. The third kappa shape index (κ3) is 4.13. The molecule has 0 unspecified atom stereocenters. The Morgan fingerprint density at radius 3 is 2.72 bits per heavy atom. The molecule has 0 bridgehead atoms. The summed E-state index contributed by atoms with van der Waals surface area (Å²) in [5.41, 5.74) is 1.78. The molecule has 1 amide bonds. The van der Waals surface area contributed by atoms with Gasteiger partial charge in [-0.3, -0.25) is 4.79 Å². The smallest absolute Gasteiger partial charge is 0.329 e. The number of carbonyl (C=O) groups is 2. The Labute approximate surface area is 178 Å². The number of rotatable bonds is 5. The van der Waals surface area contributed by atoms with Crippen LogP contribution < -0.4 is 10.2 Å². The lowest BCUT2D eigenvalue weighted by Gasteiger charge is -2.31. The van der Waals surface area contributed by atoms with Crippen LogP contribution in [0.5, 0.6) is 0 Å². The molecular formula is C21H23ClN2O4S. The maximum atomic E-state index is 12.8. The summed E-state index contributed by atoms with van der Waals surface area (Å²) in [4.78, 5) is 28.5. The molecule has 1 fully saturated rings. The molecule has 2 atom stereocenters. The number of ether oxygens (including phenoxy) is 2. The van der Waals surface area contributed by atoms with E-state index in [4.69, 9.17) is 21.1 Å². The van der Waals surface area contributed by atoms with E-state index in [-0.39, 0.29) is 11.8 Å². The largest absolute Gasteiger partial charge is 0.464 e. The first kappa shape index (κ1) is 20.2. The molecule has 1 aromatic carbocycles. The van der Waals surface area contributed by atoms with E-state index in [0.717, 1.165) is 35.6 Å². The number of morpholine rings is 1. The third-order valence-corrected chi connectivity index (χ3v) is 6.63. The normalized spacial score (nSPS) is 21.4. The molecule has 0 radical (unpaired) electrons. The van der Waals surface area contributed by atoms with Crippen LogP contribution in [0.3, 0.4) is 0 Å². The molecule has 154 valence electrons. The predicted molar refractivity (Wildman–Crippen MR) is 113 cm³/mol. The van der Waals surface area contributed by atoms with Crippen LogP contribution in [0.15, 0.2) is 30.3 Å². The summed E-state index contributed by atoms with van der Waals surface area (Å²) in [5, 5.41) is 4.53. The number of esters is 1. The van der Waals surface area contributed by atoms with Crippen LogP contribution >= 0.6 is 22.9 Å². The number of thiophene rings is 1. The van der Waals surface area contributed by atoms with E-state index in [1.807, 2.05) is 25.1 Å². The zero-order valence-corrected chi connectivity index (χ0v) is 17.7. The molecule has 1 saturated heterocycles. The van der Waals surface area contributed by atoms with Crippen molar-refractivity contribution in [3.8, 4) is 0 Å². The summed E-state index contributed by atoms with van der Waals surface area (Å²) in [5.74, 6) is -0.964. The number of hydrogen-bond donors (Lipinski definition) is 1. The van der Waals surface area contributed by atoms with Crippen LogP contribution in [0.1, 0.15) is 40.1 Å². The molecule has 1 aromatic heterocycles. The summed E-state index contributed by atoms with van der Waals surface area (Å²) in [6.45, 7) is 5.18. The average Bonchev–Trinajstić information content (AvgIpc) is 3.19. The fraction of sp³-hybridized carbons (Fsp3) is 0.429. The minimum absolute atomic E-state index is 0.229. The van der Waals surface area contributed by atoms with Gasteiger partial charge in [0, 0.05) is 24.0 Å². The highest BCUT2D eigenvalue weighted by molar-refractivity contribution is 7.18. The molecule has 4 rings (SSSR count). The second kappa shape index (κ2) is 8.73. The van der Waals surface area contributed by atoms with Crippen LogP contribution in [0.2, 0.25) is 5.02 Å². The van der Waals surface area contributed by atoms with E-state index >= 15 is 0 Å². The average molecular weight is 435 g/mol. The summed E-state index contributed by atoms with van der Waals surface area (Å²) in [6.07, 6.45) is 0.725. The van der Waals surface area contributed by atoms with Crippen molar-refractivity contribution >= 4 is 39.8 Å². The summed E-state index contributed by atoms with van der Waals surface area (Å²) in [6, 6.07) is 8.69. The molecule has 29 heavy (non-hydrogen) atoms. The van der Waals surface area contributed by atoms with Gasteiger partial charge < -0.3 is 19.7 Å². The van der Waals surface area contributed by atoms with Crippen molar-refractivity contribution in [1.29, 1.82) is 0 Å². The van der Waals surface area contributed by atoms with E-state index in [0.29, 0.717) is 29.7 Å². The Bertz CT molecular complexity index is 893. The van der Waals surface area contributed by atoms with E-state index in [9.17, 15) is 9.59 Å². The number of fused-ring (bicyclic) bond motifs is 1. The van der Waals surface area contributed by atoms with Crippen LogP contribution in [0, 0.1) is 0 Å². The van der Waals surface area contributed by atoms with Crippen molar-refractivity contribution in [2.75, 3.05) is 37.8 Å². The standard InChI is InChI=1S/C21H23ClN2O4S/c1-2-9-28-21(26)18-17(13-3-5-14(22)6-4-13)15-12-16(24-7-10-27-11-8-24)29-19(15)20(25)23-18/h3-6,12,17-18H,2,7-11H2,1H3,(H,23,25)/t17-,18-/m1/s1. The fourth-order valence-electron chi connectivity index (χ4n) is 3.74. The number of nitrogens with zero attached hydrogens (tertiary/aromatic N) is 1. The van der Waals surface area contributed by atoms with Crippen LogP contribution in [-0.2, 0) is 14.3 Å². The number of halogens is 1. The highest BCUT2D eigenvalue weighted by Crippen LogP contribution is 2.42. The molecule has 6 nitrogen and oxygen atoms in total.